The molecule has 0 saturated heterocycles. The maximum absolute atomic E-state index is 11.8. The van der Waals surface area contributed by atoms with Crippen LogP contribution in [0.2, 0.25) is 0 Å². The van der Waals surface area contributed by atoms with E-state index in [2.05, 4.69) is 0 Å². The second kappa shape index (κ2) is 4.23. The molecule has 11 heavy (non-hydrogen) atoms. The molecule has 0 nitrogen and oxygen atoms in total. The Kier molecular flexibility index (Phi) is 3.23. The number of hydrogen-bond donors (Lipinski definition) is 0. The van der Waals surface area contributed by atoms with Gasteiger partial charge in [0.2, 0.25) is 6.05 Å². The summed E-state index contributed by atoms with van der Waals surface area (Å²) in [7, 11) is -1.19. The van der Waals surface area contributed by atoms with Crippen LogP contribution in [0.3, 0.4) is 0 Å². The van der Waals surface area contributed by atoms with E-state index in [1.165, 1.54) is 0 Å². The Morgan fingerprint density at radius 2 is 1.82 bits per heavy atom. The number of alkyl halides is 2. The van der Waals surface area contributed by atoms with Crippen LogP contribution in [0.5, 0.6) is 0 Å². The van der Waals surface area contributed by atoms with E-state index in [1.807, 2.05) is 30.3 Å². The van der Waals surface area contributed by atoms with E-state index in [4.69, 9.17) is 0 Å². The Balaban J connectivity index is 2.39. The van der Waals surface area contributed by atoms with Gasteiger partial charge in [0.25, 0.3) is 0 Å². The molecule has 1 rings (SSSR count). The van der Waals surface area contributed by atoms with E-state index >= 15 is 0 Å². The number of halogens is 2. The summed E-state index contributed by atoms with van der Waals surface area (Å²) in [6.45, 7) is 0. The molecule has 0 spiro atoms. The van der Waals surface area contributed by atoms with Crippen LogP contribution in [0.1, 0.15) is 5.56 Å². The van der Waals surface area contributed by atoms with Crippen LogP contribution in [0.4, 0.5) is 8.78 Å². The molecule has 0 fully saturated rings. The third-order valence-electron chi connectivity index (χ3n) is 1.49. The van der Waals surface area contributed by atoms with Crippen LogP contribution >= 0.6 is 0 Å². The largest absolute Gasteiger partial charge is 0.216 e. The van der Waals surface area contributed by atoms with Crippen molar-refractivity contribution >= 4 is 9.52 Å². The minimum Gasteiger partial charge on any atom is -0.216 e. The zero-order valence-corrected chi connectivity index (χ0v) is 7.55. The van der Waals surface area contributed by atoms with E-state index in [1.54, 1.807) is 0 Å². The molecule has 1 aromatic rings. The molecule has 0 saturated carbocycles. The molecule has 0 bridgehead atoms. The molecular weight excluding hydrogens is 162 g/mol. The minimum atomic E-state index is -2.05. The summed E-state index contributed by atoms with van der Waals surface area (Å²) in [5.41, 5.74) is 1.04. The highest BCUT2D eigenvalue weighted by molar-refractivity contribution is 6.35. The van der Waals surface area contributed by atoms with Gasteiger partial charge in [0, 0.05) is 0 Å². The van der Waals surface area contributed by atoms with Gasteiger partial charge in [0.1, 0.15) is 9.52 Å². The van der Waals surface area contributed by atoms with Gasteiger partial charge < -0.3 is 0 Å². The molecule has 0 radical (unpaired) electrons. The highest BCUT2D eigenvalue weighted by Gasteiger charge is 2.02. The monoisotopic (exact) mass is 172 g/mol. The molecule has 3 heteroatoms. The van der Waals surface area contributed by atoms with Gasteiger partial charge >= 0.3 is 0 Å². The number of hydrogen-bond acceptors (Lipinski definition) is 0. The number of rotatable bonds is 3. The van der Waals surface area contributed by atoms with Gasteiger partial charge in [-0.05, 0) is 6.04 Å². The minimum absolute atomic E-state index is 0.610. The third-order valence-corrected chi connectivity index (χ3v) is 2.80. The lowest BCUT2D eigenvalue weighted by atomic mass is 10.2. The van der Waals surface area contributed by atoms with E-state index in [-0.39, 0.29) is 0 Å². The van der Waals surface area contributed by atoms with Gasteiger partial charge in [0.05, 0.1) is 0 Å². The molecule has 0 aromatic heterocycles. The van der Waals surface area contributed by atoms with Crippen LogP contribution in [0.15, 0.2) is 30.3 Å². The molecule has 0 aliphatic rings. The zero-order chi connectivity index (χ0) is 8.10. The molecule has 0 N–H and O–H groups in total. The van der Waals surface area contributed by atoms with Gasteiger partial charge in [0.15, 0.2) is 0 Å². The average molecular weight is 172 g/mol. The normalized spacial score (nSPS) is 11.5. The fourth-order valence-corrected chi connectivity index (χ4v) is 1.81. The highest BCUT2D eigenvalue weighted by Crippen LogP contribution is 2.00. The summed E-state index contributed by atoms with van der Waals surface area (Å²) in [6, 6.07) is 8.02. The molecule has 0 unspecified atom stereocenters. The molecule has 0 amide bonds. The first-order valence-electron chi connectivity index (χ1n) is 3.61. The molecule has 1 aromatic carbocycles. The lowest BCUT2D eigenvalue weighted by Gasteiger charge is -1.97. The van der Waals surface area contributed by atoms with Crippen molar-refractivity contribution in [3.63, 3.8) is 0 Å². The van der Waals surface area contributed by atoms with E-state index in [0.29, 0.717) is 6.04 Å². The highest BCUT2D eigenvalue weighted by atomic mass is 28.2. The quantitative estimate of drug-likeness (QED) is 0.607. The summed E-state index contributed by atoms with van der Waals surface area (Å²) in [5, 5.41) is 0. The summed E-state index contributed by atoms with van der Waals surface area (Å²) < 4.78 is 23.6. The Morgan fingerprint density at radius 3 is 2.36 bits per heavy atom. The fourth-order valence-electron chi connectivity index (χ4n) is 0.920. The molecular formula is C8H10F2Si. The summed E-state index contributed by atoms with van der Waals surface area (Å²) >= 11 is 0. The van der Waals surface area contributed by atoms with Gasteiger partial charge in [-0.15, -0.1) is 0 Å². The van der Waals surface area contributed by atoms with Crippen LogP contribution in [0, 0.1) is 0 Å². The van der Waals surface area contributed by atoms with Crippen molar-refractivity contribution in [1.82, 2.24) is 0 Å². The van der Waals surface area contributed by atoms with Crippen LogP contribution in [-0.2, 0) is 6.04 Å². The van der Waals surface area contributed by atoms with Crippen molar-refractivity contribution in [2.45, 2.75) is 12.1 Å². The van der Waals surface area contributed by atoms with Gasteiger partial charge in [-0.3, -0.25) is 0 Å². The van der Waals surface area contributed by atoms with Crippen LogP contribution < -0.4 is 0 Å². The first-order chi connectivity index (χ1) is 5.29. The fraction of sp³-hybridized carbons (Fsp3) is 0.250. The summed E-state index contributed by atoms with van der Waals surface area (Å²) in [6.07, 6.45) is 0. The third kappa shape index (κ3) is 3.27. The van der Waals surface area contributed by atoms with E-state index in [0.717, 1.165) is 5.56 Å². The lowest BCUT2D eigenvalue weighted by molar-refractivity contribution is 0.237. The van der Waals surface area contributed by atoms with Crippen LogP contribution in [0.25, 0.3) is 0 Å². The topological polar surface area (TPSA) is 0 Å². The maximum Gasteiger partial charge on any atom is 0.214 e. The molecule has 0 aliphatic heterocycles. The van der Waals surface area contributed by atoms with Crippen molar-refractivity contribution in [2.75, 3.05) is 0 Å². The Bertz CT molecular complexity index is 199. The van der Waals surface area contributed by atoms with E-state index in [9.17, 15) is 8.78 Å². The van der Waals surface area contributed by atoms with Gasteiger partial charge in [-0.2, -0.15) is 0 Å². The van der Waals surface area contributed by atoms with Crippen molar-refractivity contribution in [1.29, 1.82) is 0 Å². The lowest BCUT2D eigenvalue weighted by Crippen LogP contribution is -2.07. The van der Waals surface area contributed by atoms with Crippen molar-refractivity contribution in [3.05, 3.63) is 35.9 Å². The smallest absolute Gasteiger partial charge is 0.214 e. The van der Waals surface area contributed by atoms with Crippen LogP contribution in [-0.4, -0.2) is 15.6 Å². The first kappa shape index (κ1) is 8.39. The predicted molar refractivity (Wildman–Crippen MR) is 44.7 cm³/mol. The zero-order valence-electron chi connectivity index (χ0n) is 6.13. The van der Waals surface area contributed by atoms with E-state index < -0.39 is 15.6 Å². The standard InChI is InChI=1S/C8H10F2Si/c9-8(10)11-6-7-4-2-1-3-5-7/h1-5,8H,6,11H2. The molecule has 0 heterocycles. The second-order valence-electron chi connectivity index (χ2n) is 2.42. The first-order valence-corrected chi connectivity index (χ1v) is 5.43. The van der Waals surface area contributed by atoms with Gasteiger partial charge in [-0.25, -0.2) is 8.78 Å². The molecule has 0 atom stereocenters. The summed E-state index contributed by atoms with van der Waals surface area (Å²) in [4.78, 5) is 0. The Hall–Kier alpha value is -0.703. The Morgan fingerprint density at radius 1 is 1.18 bits per heavy atom. The van der Waals surface area contributed by atoms with Crippen molar-refractivity contribution < 1.29 is 8.78 Å². The average Bonchev–Trinajstić information content (AvgIpc) is 2.03. The SMILES string of the molecule is FC(F)[SiH2]Cc1ccccc1. The Labute approximate surface area is 67.1 Å². The predicted octanol–water partition coefficient (Wildman–Crippen LogP) is 1.58. The molecule has 60 valence electrons. The summed E-state index contributed by atoms with van der Waals surface area (Å²) in [5.74, 6) is 0. The maximum atomic E-state index is 11.8. The number of benzene rings is 1. The molecule has 0 aliphatic carbocycles. The van der Waals surface area contributed by atoms with Gasteiger partial charge in [-0.1, -0.05) is 35.9 Å². The van der Waals surface area contributed by atoms with Crippen molar-refractivity contribution in [2.24, 2.45) is 0 Å². The second-order valence-corrected chi connectivity index (χ2v) is 4.11. The van der Waals surface area contributed by atoms with Crippen molar-refractivity contribution in [3.8, 4) is 0 Å².